The lowest BCUT2D eigenvalue weighted by atomic mass is 9.87. The molecule has 328 valence electrons. The maximum Gasteiger partial charge on any atom is 0.307 e. The minimum absolute atomic E-state index is 0.104. The molecule has 0 aliphatic rings. The summed E-state index contributed by atoms with van der Waals surface area (Å²) >= 11 is 0. The van der Waals surface area contributed by atoms with Crippen LogP contribution in [-0.2, 0) is 29.9 Å². The molecular formula is C52H66O9. The number of hydrogen-bond acceptors (Lipinski definition) is 9. The van der Waals surface area contributed by atoms with Crippen LogP contribution in [0, 0.1) is 23.7 Å². The van der Waals surface area contributed by atoms with Crippen molar-refractivity contribution in [3.8, 4) is 46.7 Å². The number of phenolic OH excluding ortho intramolecular Hbond substituents is 1. The quantitative estimate of drug-likeness (QED) is 0.0646. The van der Waals surface area contributed by atoms with Crippen molar-refractivity contribution < 1.29 is 43.5 Å². The number of phenols is 1. The fourth-order valence-electron chi connectivity index (χ4n) is 5.65. The molecule has 2 atom stereocenters. The first-order valence-corrected chi connectivity index (χ1v) is 20.6. The second-order valence-electron chi connectivity index (χ2n) is 16.1. The third-order valence-corrected chi connectivity index (χ3v) is 9.21. The SMILES string of the molecule is CC#CC(CC(=O)OC)c1ccc(O)cc1.CC#CC(CC(=O)OC)c1ccc(OCCCOc2cccc(C(C)(C)C)c2)cc1.CC(C)(C)c1cccc(OCCCO)c1. The van der Waals surface area contributed by atoms with Crippen molar-refractivity contribution in [1.82, 2.24) is 0 Å². The van der Waals surface area contributed by atoms with E-state index in [4.69, 9.17) is 29.2 Å². The van der Waals surface area contributed by atoms with E-state index in [1.807, 2.05) is 48.5 Å². The van der Waals surface area contributed by atoms with Gasteiger partial charge in [-0.05, 0) is 95.5 Å². The Morgan fingerprint density at radius 2 is 0.967 bits per heavy atom. The lowest BCUT2D eigenvalue weighted by molar-refractivity contribution is -0.141. The Labute approximate surface area is 364 Å². The van der Waals surface area contributed by atoms with E-state index in [1.54, 1.807) is 38.1 Å². The zero-order valence-electron chi connectivity index (χ0n) is 37.8. The minimum Gasteiger partial charge on any atom is -0.508 e. The average molecular weight is 835 g/mol. The van der Waals surface area contributed by atoms with Gasteiger partial charge in [0.05, 0.1) is 58.7 Å². The number of carbonyl (C=O) groups excluding carboxylic acids is 2. The molecule has 0 saturated heterocycles. The van der Waals surface area contributed by atoms with Crippen LogP contribution in [0.1, 0.15) is 115 Å². The lowest BCUT2D eigenvalue weighted by Gasteiger charge is -2.19. The van der Waals surface area contributed by atoms with Crippen LogP contribution in [-0.4, -0.2) is 62.8 Å². The van der Waals surface area contributed by atoms with Crippen molar-refractivity contribution in [2.24, 2.45) is 0 Å². The summed E-state index contributed by atoms with van der Waals surface area (Å²) in [4.78, 5) is 22.8. The standard InChI is InChI=1S/C26H32O4.C13H14O3.C13H20O2/c1-6-9-21(18-25(27)28-5)20-12-14-23(15-13-20)29-16-8-17-30-24-11-7-10-22(19-24)26(2,3)4;1-3-4-11(9-13(15)16-2)10-5-7-12(14)8-6-10;1-13(2,3)11-6-4-7-12(10-11)15-9-5-8-14/h7,10-15,19,21H,8,16-18H2,1-5H3;5-8,11,14H,9H2,1-2H3;4,6-7,10,14H,5,8-9H2,1-3H3. The molecule has 61 heavy (non-hydrogen) atoms. The Morgan fingerprint density at radius 3 is 1.34 bits per heavy atom. The van der Waals surface area contributed by atoms with Crippen molar-refractivity contribution in [1.29, 1.82) is 0 Å². The molecule has 4 aromatic rings. The maximum absolute atomic E-state index is 11.6. The summed E-state index contributed by atoms with van der Waals surface area (Å²) in [6.07, 6.45) is 1.93. The molecule has 0 aliphatic carbocycles. The Morgan fingerprint density at radius 1 is 0.574 bits per heavy atom. The molecule has 9 nitrogen and oxygen atoms in total. The van der Waals surface area contributed by atoms with Gasteiger partial charge in [-0.25, -0.2) is 0 Å². The Hall–Kier alpha value is -5.90. The number of benzene rings is 4. The van der Waals surface area contributed by atoms with Gasteiger partial charge in [0.2, 0.25) is 0 Å². The second kappa shape index (κ2) is 27.0. The fraction of sp³-hybridized carbons (Fsp3) is 0.423. The van der Waals surface area contributed by atoms with Gasteiger partial charge in [0.15, 0.2) is 0 Å². The van der Waals surface area contributed by atoms with Gasteiger partial charge in [0, 0.05) is 19.4 Å². The predicted molar refractivity (Wildman–Crippen MR) is 243 cm³/mol. The van der Waals surface area contributed by atoms with E-state index in [2.05, 4.69) is 94.2 Å². The van der Waals surface area contributed by atoms with Gasteiger partial charge in [0.1, 0.15) is 23.0 Å². The van der Waals surface area contributed by atoms with Gasteiger partial charge in [-0.3, -0.25) is 9.59 Å². The Kier molecular flexibility index (Phi) is 22.7. The molecule has 0 fully saturated rings. The number of esters is 2. The van der Waals surface area contributed by atoms with Gasteiger partial charge in [-0.15, -0.1) is 11.8 Å². The van der Waals surface area contributed by atoms with E-state index in [1.165, 1.54) is 25.3 Å². The van der Waals surface area contributed by atoms with E-state index in [-0.39, 0.29) is 59.8 Å². The van der Waals surface area contributed by atoms with Crippen LogP contribution in [0.2, 0.25) is 0 Å². The van der Waals surface area contributed by atoms with Crippen LogP contribution >= 0.6 is 0 Å². The van der Waals surface area contributed by atoms with Crippen LogP contribution < -0.4 is 14.2 Å². The molecule has 0 saturated carbocycles. The van der Waals surface area contributed by atoms with E-state index in [9.17, 15) is 9.59 Å². The molecule has 4 rings (SSSR count). The van der Waals surface area contributed by atoms with Gasteiger partial charge in [-0.2, -0.15) is 0 Å². The number of methoxy groups -OCH3 is 2. The van der Waals surface area contributed by atoms with Crippen molar-refractivity contribution in [2.45, 2.75) is 104 Å². The lowest BCUT2D eigenvalue weighted by Crippen LogP contribution is -2.11. The third-order valence-electron chi connectivity index (χ3n) is 9.21. The Balaban J connectivity index is 0.000000348. The molecule has 0 amide bonds. The van der Waals surface area contributed by atoms with Gasteiger partial charge in [-0.1, -0.05) is 102 Å². The zero-order chi connectivity index (χ0) is 45.3. The largest absolute Gasteiger partial charge is 0.508 e. The summed E-state index contributed by atoms with van der Waals surface area (Å²) in [5.41, 5.74) is 4.66. The number of carbonyl (C=O) groups is 2. The second-order valence-corrected chi connectivity index (χ2v) is 16.1. The molecular weight excluding hydrogens is 769 g/mol. The topological polar surface area (TPSA) is 121 Å². The monoisotopic (exact) mass is 834 g/mol. The molecule has 0 bridgehead atoms. The van der Waals surface area contributed by atoms with Crippen LogP contribution in [0.25, 0.3) is 0 Å². The maximum atomic E-state index is 11.6. The van der Waals surface area contributed by atoms with Crippen molar-refractivity contribution >= 4 is 11.9 Å². The number of aliphatic hydroxyl groups excluding tert-OH is 1. The fourth-order valence-corrected chi connectivity index (χ4v) is 5.65. The van der Waals surface area contributed by atoms with Crippen LogP contribution in [0.3, 0.4) is 0 Å². The minimum atomic E-state index is -0.291. The number of hydrogen-bond donors (Lipinski definition) is 2. The number of aliphatic hydroxyl groups is 1. The molecule has 0 heterocycles. The number of aromatic hydroxyl groups is 1. The first-order chi connectivity index (χ1) is 29.0. The smallest absolute Gasteiger partial charge is 0.307 e. The van der Waals surface area contributed by atoms with Gasteiger partial charge >= 0.3 is 11.9 Å². The van der Waals surface area contributed by atoms with Crippen LogP contribution in [0.15, 0.2) is 97.1 Å². The highest BCUT2D eigenvalue weighted by molar-refractivity contribution is 5.71. The molecule has 9 heteroatoms. The summed E-state index contributed by atoms with van der Waals surface area (Å²) in [5.74, 6) is 13.5. The van der Waals surface area contributed by atoms with Crippen molar-refractivity contribution in [2.75, 3.05) is 40.6 Å². The van der Waals surface area contributed by atoms with E-state index in [0.29, 0.717) is 26.2 Å². The van der Waals surface area contributed by atoms with Crippen molar-refractivity contribution in [3.05, 3.63) is 119 Å². The number of ether oxygens (including phenoxy) is 5. The molecule has 4 aromatic carbocycles. The van der Waals surface area contributed by atoms with Crippen LogP contribution in [0.5, 0.6) is 23.0 Å². The summed E-state index contributed by atoms with van der Waals surface area (Å²) in [6, 6.07) is 30.8. The van der Waals surface area contributed by atoms with Crippen LogP contribution in [0.4, 0.5) is 0 Å². The highest BCUT2D eigenvalue weighted by Crippen LogP contribution is 2.27. The van der Waals surface area contributed by atoms with E-state index in [0.717, 1.165) is 34.8 Å². The first-order valence-electron chi connectivity index (χ1n) is 20.6. The number of rotatable bonds is 16. The molecule has 0 spiro atoms. The zero-order valence-corrected chi connectivity index (χ0v) is 37.8. The molecule has 2 N–H and O–H groups in total. The summed E-state index contributed by atoms with van der Waals surface area (Å²) in [5, 5.41) is 17.8. The van der Waals surface area contributed by atoms with E-state index >= 15 is 0 Å². The third kappa shape index (κ3) is 20.3. The highest BCUT2D eigenvalue weighted by atomic mass is 16.5. The summed E-state index contributed by atoms with van der Waals surface area (Å²) in [7, 11) is 2.75. The summed E-state index contributed by atoms with van der Waals surface area (Å²) < 4.78 is 26.6. The Bertz CT molecular complexity index is 2020. The normalized spacial score (nSPS) is 11.5. The van der Waals surface area contributed by atoms with Gasteiger partial charge in [0.25, 0.3) is 0 Å². The van der Waals surface area contributed by atoms with E-state index < -0.39 is 0 Å². The van der Waals surface area contributed by atoms with Crippen molar-refractivity contribution in [3.63, 3.8) is 0 Å². The highest BCUT2D eigenvalue weighted by Gasteiger charge is 2.17. The average Bonchev–Trinajstić information content (AvgIpc) is 3.24. The molecule has 2 unspecified atom stereocenters. The molecule has 0 radical (unpaired) electrons. The first kappa shape index (κ1) is 51.2. The summed E-state index contributed by atoms with van der Waals surface area (Å²) in [6.45, 7) is 18.5. The van der Waals surface area contributed by atoms with Gasteiger partial charge < -0.3 is 33.9 Å². The molecule has 0 aliphatic heterocycles. The predicted octanol–water partition coefficient (Wildman–Crippen LogP) is 10.3. The molecule has 0 aromatic heterocycles.